The van der Waals surface area contributed by atoms with Gasteiger partial charge in [0.15, 0.2) is 17.5 Å². The van der Waals surface area contributed by atoms with Crippen molar-refractivity contribution in [3.63, 3.8) is 0 Å². The van der Waals surface area contributed by atoms with E-state index in [1.165, 1.54) is 11.1 Å². The van der Waals surface area contributed by atoms with Crippen molar-refractivity contribution in [3.05, 3.63) is 23.3 Å². The lowest BCUT2D eigenvalue weighted by molar-refractivity contribution is 0.346. The van der Waals surface area contributed by atoms with Crippen LogP contribution in [0.1, 0.15) is 11.1 Å². The highest BCUT2D eigenvalue weighted by Gasteiger charge is 2.20. The molecule has 0 aliphatic carbocycles. The van der Waals surface area contributed by atoms with Crippen LogP contribution < -0.4 is 14.8 Å². The molecule has 1 heterocycles. The molecule has 0 atom stereocenters. The second-order valence-electron chi connectivity index (χ2n) is 4.44. The van der Waals surface area contributed by atoms with Gasteiger partial charge in [0.2, 0.25) is 0 Å². The van der Waals surface area contributed by atoms with Gasteiger partial charge in [0.05, 0.1) is 14.2 Å². The Labute approximate surface area is 114 Å². The maximum absolute atomic E-state index is 5.36. The Bertz CT molecular complexity index is 486. The molecule has 0 radical (unpaired) electrons. The highest BCUT2D eigenvalue weighted by molar-refractivity contribution is 5.79. The molecule has 5 heteroatoms. The van der Waals surface area contributed by atoms with Gasteiger partial charge in [0, 0.05) is 27.2 Å². The molecule has 0 aromatic heterocycles. The fourth-order valence-electron chi connectivity index (χ4n) is 2.48. The molecule has 0 bridgehead atoms. The Morgan fingerprint density at radius 2 is 1.84 bits per heavy atom. The number of hydrogen-bond acceptors (Lipinski definition) is 3. The number of guanidine groups is 1. The van der Waals surface area contributed by atoms with Crippen molar-refractivity contribution in [3.8, 4) is 11.5 Å². The van der Waals surface area contributed by atoms with Crippen LogP contribution in [0.15, 0.2) is 17.1 Å². The number of benzene rings is 1. The van der Waals surface area contributed by atoms with E-state index < -0.39 is 0 Å². The maximum Gasteiger partial charge on any atom is 0.193 e. The molecule has 19 heavy (non-hydrogen) atoms. The van der Waals surface area contributed by atoms with Gasteiger partial charge in [-0.1, -0.05) is 0 Å². The summed E-state index contributed by atoms with van der Waals surface area (Å²) in [6, 6.07) is 4.14. The number of hydrogen-bond donors (Lipinski definition) is 1. The minimum absolute atomic E-state index is 0.780. The molecule has 0 saturated heterocycles. The average molecular weight is 263 g/mol. The monoisotopic (exact) mass is 263 g/mol. The molecular formula is C14H21N3O2. The molecule has 0 saturated carbocycles. The van der Waals surface area contributed by atoms with Crippen molar-refractivity contribution >= 4 is 5.96 Å². The molecule has 1 aromatic rings. The van der Waals surface area contributed by atoms with Gasteiger partial charge in [-0.3, -0.25) is 4.99 Å². The predicted octanol–water partition coefficient (Wildman–Crippen LogP) is 1.27. The zero-order valence-corrected chi connectivity index (χ0v) is 12.0. The fraction of sp³-hybridized carbons (Fsp3) is 0.500. The highest BCUT2D eigenvalue weighted by Crippen LogP contribution is 2.33. The second kappa shape index (κ2) is 5.82. The number of aliphatic imine (C=N–C) groups is 1. The van der Waals surface area contributed by atoms with E-state index in [0.717, 1.165) is 37.0 Å². The molecule has 0 amide bonds. The Hall–Kier alpha value is -1.91. The van der Waals surface area contributed by atoms with Gasteiger partial charge in [-0.2, -0.15) is 0 Å². The third kappa shape index (κ3) is 2.59. The smallest absolute Gasteiger partial charge is 0.193 e. The quantitative estimate of drug-likeness (QED) is 0.645. The van der Waals surface area contributed by atoms with E-state index in [1.807, 2.05) is 7.05 Å². The first-order valence-corrected chi connectivity index (χ1v) is 6.36. The highest BCUT2D eigenvalue weighted by atomic mass is 16.5. The number of rotatable bonds is 2. The average Bonchev–Trinajstić information content (AvgIpc) is 2.46. The topological polar surface area (TPSA) is 46.1 Å². The molecule has 0 unspecified atom stereocenters. The van der Waals surface area contributed by atoms with Crippen LogP contribution in [0.2, 0.25) is 0 Å². The first kappa shape index (κ1) is 13.5. The van der Waals surface area contributed by atoms with Crippen LogP contribution in [0.3, 0.4) is 0 Å². The van der Waals surface area contributed by atoms with Crippen LogP contribution >= 0.6 is 0 Å². The Kier molecular flexibility index (Phi) is 4.14. The van der Waals surface area contributed by atoms with E-state index in [2.05, 4.69) is 27.3 Å². The van der Waals surface area contributed by atoms with Crippen LogP contribution in [0.25, 0.3) is 0 Å². The SMILES string of the molecule is CN=C(NC)N1CCc2cc(OC)c(OC)cc2C1. The Morgan fingerprint density at radius 3 is 2.37 bits per heavy atom. The Morgan fingerprint density at radius 1 is 1.21 bits per heavy atom. The first-order chi connectivity index (χ1) is 9.23. The number of methoxy groups -OCH3 is 2. The van der Waals surface area contributed by atoms with Crippen molar-refractivity contribution in [2.75, 3.05) is 34.9 Å². The Balaban J connectivity index is 2.30. The third-order valence-corrected chi connectivity index (χ3v) is 3.45. The molecule has 2 rings (SSSR count). The van der Waals surface area contributed by atoms with Crippen LogP contribution in [-0.2, 0) is 13.0 Å². The third-order valence-electron chi connectivity index (χ3n) is 3.45. The molecule has 104 valence electrons. The van der Waals surface area contributed by atoms with Crippen LogP contribution in [0.5, 0.6) is 11.5 Å². The van der Waals surface area contributed by atoms with E-state index in [1.54, 1.807) is 21.3 Å². The number of fused-ring (bicyclic) bond motifs is 1. The normalized spacial score (nSPS) is 14.9. The fourth-order valence-corrected chi connectivity index (χ4v) is 2.48. The molecule has 0 spiro atoms. The molecule has 1 aromatic carbocycles. The maximum atomic E-state index is 5.36. The summed E-state index contributed by atoms with van der Waals surface area (Å²) in [5, 5.41) is 3.12. The van der Waals surface area contributed by atoms with Gasteiger partial charge in [-0.15, -0.1) is 0 Å². The lowest BCUT2D eigenvalue weighted by Crippen LogP contribution is -2.42. The van der Waals surface area contributed by atoms with Crippen LogP contribution in [0, 0.1) is 0 Å². The number of ether oxygens (including phenoxy) is 2. The van der Waals surface area contributed by atoms with Gasteiger partial charge in [-0.05, 0) is 29.7 Å². The molecule has 0 fully saturated rings. The number of nitrogens with one attached hydrogen (secondary N) is 1. The molecule has 1 aliphatic rings. The van der Waals surface area contributed by atoms with Crippen molar-refractivity contribution in [2.45, 2.75) is 13.0 Å². The van der Waals surface area contributed by atoms with Gasteiger partial charge in [0.1, 0.15) is 0 Å². The minimum Gasteiger partial charge on any atom is -0.493 e. The van der Waals surface area contributed by atoms with Gasteiger partial charge < -0.3 is 19.7 Å². The first-order valence-electron chi connectivity index (χ1n) is 6.36. The zero-order chi connectivity index (χ0) is 13.8. The summed E-state index contributed by atoms with van der Waals surface area (Å²) in [6.07, 6.45) is 0.983. The molecular weight excluding hydrogens is 242 g/mol. The predicted molar refractivity (Wildman–Crippen MR) is 76.1 cm³/mol. The van der Waals surface area contributed by atoms with E-state index in [-0.39, 0.29) is 0 Å². The van der Waals surface area contributed by atoms with Crippen molar-refractivity contribution in [1.82, 2.24) is 10.2 Å². The summed E-state index contributed by atoms with van der Waals surface area (Å²) in [4.78, 5) is 6.49. The summed E-state index contributed by atoms with van der Waals surface area (Å²) in [5.74, 6) is 2.50. The van der Waals surface area contributed by atoms with Crippen molar-refractivity contribution in [1.29, 1.82) is 0 Å². The van der Waals surface area contributed by atoms with Crippen LogP contribution in [0.4, 0.5) is 0 Å². The van der Waals surface area contributed by atoms with Crippen LogP contribution in [-0.4, -0.2) is 45.7 Å². The van der Waals surface area contributed by atoms with Gasteiger partial charge >= 0.3 is 0 Å². The van der Waals surface area contributed by atoms with E-state index in [9.17, 15) is 0 Å². The lowest BCUT2D eigenvalue weighted by Gasteiger charge is -2.31. The summed E-state index contributed by atoms with van der Waals surface area (Å²) < 4.78 is 10.7. The van der Waals surface area contributed by atoms with Gasteiger partial charge in [0.25, 0.3) is 0 Å². The molecule has 5 nitrogen and oxygen atoms in total. The van der Waals surface area contributed by atoms with Gasteiger partial charge in [-0.25, -0.2) is 0 Å². The zero-order valence-electron chi connectivity index (χ0n) is 12.0. The summed E-state index contributed by atoms with van der Waals surface area (Å²) in [6.45, 7) is 1.79. The van der Waals surface area contributed by atoms with E-state index in [4.69, 9.17) is 9.47 Å². The van der Waals surface area contributed by atoms with E-state index >= 15 is 0 Å². The summed E-state index contributed by atoms with van der Waals surface area (Å²) in [5.41, 5.74) is 2.58. The second-order valence-corrected chi connectivity index (χ2v) is 4.44. The van der Waals surface area contributed by atoms with Crippen molar-refractivity contribution < 1.29 is 9.47 Å². The van der Waals surface area contributed by atoms with E-state index in [0.29, 0.717) is 0 Å². The molecule has 1 aliphatic heterocycles. The lowest BCUT2D eigenvalue weighted by atomic mass is 9.99. The molecule has 1 N–H and O–H groups in total. The summed E-state index contributed by atoms with van der Waals surface area (Å²) in [7, 11) is 7.03. The van der Waals surface area contributed by atoms with Crippen molar-refractivity contribution in [2.24, 2.45) is 4.99 Å². The largest absolute Gasteiger partial charge is 0.493 e. The number of nitrogens with zero attached hydrogens (tertiary/aromatic N) is 2. The summed E-state index contributed by atoms with van der Waals surface area (Å²) >= 11 is 0. The standard InChI is InChI=1S/C14H21N3O2/c1-15-14(16-2)17-6-5-10-7-12(18-3)13(19-4)8-11(10)9-17/h7-8H,5-6,9H2,1-4H3,(H,15,16). The minimum atomic E-state index is 0.780.